The summed E-state index contributed by atoms with van der Waals surface area (Å²) in [6.07, 6.45) is 3.31. The molecule has 2 aromatic carbocycles. The molecule has 0 spiro atoms. The molecule has 0 aromatic heterocycles. The molecule has 0 aliphatic rings. The summed E-state index contributed by atoms with van der Waals surface area (Å²) in [5.41, 5.74) is 1.73. The number of hydrogen-bond donors (Lipinski definition) is 1. The Morgan fingerprint density at radius 3 is 2.33 bits per heavy atom. The molecule has 21 heavy (non-hydrogen) atoms. The van der Waals surface area contributed by atoms with Crippen LogP contribution in [0, 0.1) is 0 Å². The number of carbonyl (C=O) groups is 1. The van der Waals surface area contributed by atoms with Crippen molar-refractivity contribution in [3.63, 3.8) is 0 Å². The van der Waals surface area contributed by atoms with Crippen LogP contribution in [0.5, 0.6) is 5.75 Å². The zero-order valence-electron chi connectivity index (χ0n) is 11.5. The van der Waals surface area contributed by atoms with Gasteiger partial charge in [0, 0.05) is 0 Å². The van der Waals surface area contributed by atoms with E-state index < -0.39 is 5.97 Å². The van der Waals surface area contributed by atoms with Gasteiger partial charge in [0.2, 0.25) is 0 Å². The topological polar surface area (TPSA) is 46.5 Å². The second-order valence-corrected chi connectivity index (χ2v) is 4.40. The van der Waals surface area contributed by atoms with Gasteiger partial charge in [-0.15, -0.1) is 0 Å². The standard InChI is InChI=1S/C18H16O3/c1-2-12-21-16-10-8-15(9-11-16)17(18(19)20)13-14-6-4-3-5-7-14/h2-11,13H,1,12H2,(H,19,20)/b17-13-. The molecule has 0 radical (unpaired) electrons. The third-order valence-electron chi connectivity index (χ3n) is 2.87. The van der Waals surface area contributed by atoms with E-state index in [-0.39, 0.29) is 5.57 Å². The van der Waals surface area contributed by atoms with E-state index in [1.807, 2.05) is 30.3 Å². The van der Waals surface area contributed by atoms with Crippen molar-refractivity contribution in [3.05, 3.63) is 78.4 Å². The minimum absolute atomic E-state index is 0.247. The fraction of sp³-hybridized carbons (Fsp3) is 0.0556. The molecular weight excluding hydrogens is 264 g/mol. The van der Waals surface area contributed by atoms with Crippen LogP contribution < -0.4 is 4.74 Å². The first-order valence-corrected chi connectivity index (χ1v) is 6.55. The van der Waals surface area contributed by atoms with Gasteiger partial charge in [0.15, 0.2) is 0 Å². The molecule has 0 saturated heterocycles. The summed E-state index contributed by atoms with van der Waals surface area (Å²) in [6, 6.07) is 16.3. The van der Waals surface area contributed by atoms with Crippen LogP contribution in [0.2, 0.25) is 0 Å². The van der Waals surface area contributed by atoms with Crippen molar-refractivity contribution in [3.8, 4) is 5.75 Å². The van der Waals surface area contributed by atoms with Gasteiger partial charge in [-0.3, -0.25) is 0 Å². The Balaban J connectivity index is 2.29. The molecule has 3 nitrogen and oxygen atoms in total. The summed E-state index contributed by atoms with van der Waals surface area (Å²) < 4.78 is 5.38. The predicted molar refractivity (Wildman–Crippen MR) is 84.1 cm³/mol. The lowest BCUT2D eigenvalue weighted by atomic mass is 10.0. The van der Waals surface area contributed by atoms with Crippen molar-refractivity contribution in [1.29, 1.82) is 0 Å². The highest BCUT2D eigenvalue weighted by molar-refractivity contribution is 6.20. The molecule has 0 amide bonds. The summed E-state index contributed by atoms with van der Waals surface area (Å²) in [7, 11) is 0. The summed E-state index contributed by atoms with van der Waals surface area (Å²) >= 11 is 0. The fourth-order valence-electron chi connectivity index (χ4n) is 1.87. The van der Waals surface area contributed by atoms with E-state index in [9.17, 15) is 9.90 Å². The van der Waals surface area contributed by atoms with Crippen LogP contribution >= 0.6 is 0 Å². The van der Waals surface area contributed by atoms with Crippen molar-refractivity contribution < 1.29 is 14.6 Å². The van der Waals surface area contributed by atoms with Crippen molar-refractivity contribution in [2.24, 2.45) is 0 Å². The van der Waals surface area contributed by atoms with Gasteiger partial charge in [-0.1, -0.05) is 55.1 Å². The number of benzene rings is 2. The highest BCUT2D eigenvalue weighted by atomic mass is 16.5. The Hall–Kier alpha value is -2.81. The van der Waals surface area contributed by atoms with Gasteiger partial charge in [0.25, 0.3) is 0 Å². The molecule has 0 fully saturated rings. The molecule has 0 atom stereocenters. The van der Waals surface area contributed by atoms with E-state index in [1.165, 1.54) is 0 Å². The maximum Gasteiger partial charge on any atom is 0.336 e. The van der Waals surface area contributed by atoms with E-state index in [4.69, 9.17) is 4.74 Å². The molecule has 0 saturated carbocycles. The fourth-order valence-corrected chi connectivity index (χ4v) is 1.87. The third-order valence-corrected chi connectivity index (χ3v) is 2.87. The van der Waals surface area contributed by atoms with E-state index >= 15 is 0 Å². The predicted octanol–water partition coefficient (Wildman–Crippen LogP) is 3.88. The van der Waals surface area contributed by atoms with E-state index in [2.05, 4.69) is 6.58 Å². The Kier molecular flexibility index (Phi) is 4.94. The van der Waals surface area contributed by atoms with Crippen LogP contribution in [0.25, 0.3) is 11.6 Å². The van der Waals surface area contributed by atoms with Gasteiger partial charge in [0.05, 0.1) is 5.57 Å². The number of aliphatic carboxylic acids is 1. The van der Waals surface area contributed by atoms with Gasteiger partial charge in [-0.2, -0.15) is 0 Å². The summed E-state index contributed by atoms with van der Waals surface area (Å²) in [5.74, 6) is -0.276. The number of carboxylic acid groups (broad SMARTS) is 1. The molecule has 2 rings (SSSR count). The van der Waals surface area contributed by atoms with Crippen LogP contribution in [-0.2, 0) is 4.79 Å². The number of hydrogen-bond acceptors (Lipinski definition) is 2. The van der Waals surface area contributed by atoms with Gasteiger partial charge in [0.1, 0.15) is 12.4 Å². The maximum absolute atomic E-state index is 11.4. The second-order valence-electron chi connectivity index (χ2n) is 4.40. The third kappa shape index (κ3) is 4.08. The smallest absolute Gasteiger partial charge is 0.336 e. The van der Waals surface area contributed by atoms with Gasteiger partial charge in [-0.05, 0) is 29.3 Å². The monoisotopic (exact) mass is 280 g/mol. The van der Waals surface area contributed by atoms with Crippen molar-refractivity contribution >= 4 is 17.6 Å². The second kappa shape index (κ2) is 7.10. The maximum atomic E-state index is 11.4. The van der Waals surface area contributed by atoms with Crippen LogP contribution in [0.4, 0.5) is 0 Å². The van der Waals surface area contributed by atoms with Crippen LogP contribution in [-0.4, -0.2) is 17.7 Å². The number of carboxylic acids is 1. The van der Waals surface area contributed by atoms with Gasteiger partial charge < -0.3 is 9.84 Å². The van der Waals surface area contributed by atoms with Crippen molar-refractivity contribution in [1.82, 2.24) is 0 Å². The summed E-state index contributed by atoms with van der Waals surface area (Å²) in [6.45, 7) is 4.00. The van der Waals surface area contributed by atoms with E-state index in [1.54, 1.807) is 36.4 Å². The average molecular weight is 280 g/mol. The molecule has 3 heteroatoms. The van der Waals surface area contributed by atoms with Crippen LogP contribution in [0.1, 0.15) is 11.1 Å². The van der Waals surface area contributed by atoms with Crippen LogP contribution in [0.15, 0.2) is 67.3 Å². The Labute approximate surface area is 123 Å². The van der Waals surface area contributed by atoms with E-state index in [0.717, 1.165) is 5.56 Å². The Morgan fingerprint density at radius 2 is 1.76 bits per heavy atom. The highest BCUT2D eigenvalue weighted by Crippen LogP contribution is 2.21. The van der Waals surface area contributed by atoms with Crippen molar-refractivity contribution in [2.45, 2.75) is 0 Å². The van der Waals surface area contributed by atoms with Crippen molar-refractivity contribution in [2.75, 3.05) is 6.61 Å². The Bertz CT molecular complexity index is 640. The first-order chi connectivity index (χ1) is 10.2. The lowest BCUT2D eigenvalue weighted by Crippen LogP contribution is -2.00. The average Bonchev–Trinajstić information content (AvgIpc) is 2.52. The molecule has 106 valence electrons. The molecule has 2 aromatic rings. The minimum Gasteiger partial charge on any atom is -0.490 e. The number of ether oxygens (including phenoxy) is 1. The zero-order chi connectivity index (χ0) is 15.1. The molecule has 0 bridgehead atoms. The first-order valence-electron chi connectivity index (χ1n) is 6.55. The summed E-state index contributed by atoms with van der Waals surface area (Å²) in [4.78, 5) is 11.4. The molecule has 0 heterocycles. The SMILES string of the molecule is C=CCOc1ccc(/C(=C/c2ccccc2)C(=O)O)cc1. The Morgan fingerprint density at radius 1 is 1.10 bits per heavy atom. The van der Waals surface area contributed by atoms with E-state index in [0.29, 0.717) is 17.9 Å². The minimum atomic E-state index is -0.960. The molecular formula is C18H16O3. The molecule has 0 unspecified atom stereocenters. The lowest BCUT2D eigenvalue weighted by molar-refractivity contribution is -0.130. The van der Waals surface area contributed by atoms with Gasteiger partial charge >= 0.3 is 5.97 Å². The molecule has 1 N–H and O–H groups in total. The lowest BCUT2D eigenvalue weighted by Gasteiger charge is -2.06. The largest absolute Gasteiger partial charge is 0.490 e. The quantitative estimate of drug-likeness (QED) is 0.496. The first kappa shape index (κ1) is 14.6. The summed E-state index contributed by atoms with van der Waals surface area (Å²) in [5, 5.41) is 9.39. The molecule has 0 aliphatic carbocycles. The van der Waals surface area contributed by atoms with Gasteiger partial charge in [-0.25, -0.2) is 4.79 Å². The molecule has 0 aliphatic heterocycles. The van der Waals surface area contributed by atoms with Crippen LogP contribution in [0.3, 0.4) is 0 Å². The highest BCUT2D eigenvalue weighted by Gasteiger charge is 2.10. The zero-order valence-corrected chi connectivity index (χ0v) is 11.5. The number of rotatable bonds is 6. The normalized spacial score (nSPS) is 11.0.